The molecule has 0 saturated carbocycles. The number of carbonyl (C=O) groups excluding carboxylic acids is 1. The van der Waals surface area contributed by atoms with E-state index < -0.39 is 0 Å². The number of fused-ring (bicyclic) bond motifs is 2. The van der Waals surface area contributed by atoms with Crippen molar-refractivity contribution in [3.63, 3.8) is 0 Å². The first-order valence-electron chi connectivity index (χ1n) is 11.7. The summed E-state index contributed by atoms with van der Waals surface area (Å²) in [4.78, 5) is 27.9. The molecule has 0 unspecified atom stereocenters. The first-order chi connectivity index (χ1) is 16.9. The van der Waals surface area contributed by atoms with Gasteiger partial charge in [0, 0.05) is 42.9 Å². The largest absolute Gasteiger partial charge is 0.486 e. The van der Waals surface area contributed by atoms with Gasteiger partial charge in [-0.05, 0) is 32.3 Å². The fourth-order valence-electron chi connectivity index (χ4n) is 4.51. The van der Waals surface area contributed by atoms with Gasteiger partial charge in [-0.25, -0.2) is 14.4 Å². The summed E-state index contributed by atoms with van der Waals surface area (Å²) in [5.74, 6) is 0.935. The third kappa shape index (κ3) is 4.97. The van der Waals surface area contributed by atoms with E-state index in [-0.39, 0.29) is 17.3 Å². The second-order valence-electron chi connectivity index (χ2n) is 9.13. The third-order valence-electron chi connectivity index (χ3n) is 6.66. The van der Waals surface area contributed by atoms with E-state index in [0.717, 1.165) is 25.9 Å². The standard InChI is InChI=1S/C25H28FN5O4/c1-25(30-24(32)19-13-20-21(15-28-19)35-12-11-34-20)6-9-31(10-7-25)8-5-16-17(26)14-27-18-3-4-22(33-2)29-23(16)18/h3-4,13-15H,5-12H2,1-2H3,(H,30,32). The minimum atomic E-state index is -0.362. The molecule has 0 bridgehead atoms. The van der Waals surface area contributed by atoms with Crippen molar-refractivity contribution < 1.29 is 23.4 Å². The SMILES string of the molecule is COc1ccc2ncc(F)c(CCN3CCC(C)(NC(=O)c4cc5c(cn4)OCCO5)CC3)c2n1. The Hall–Kier alpha value is -3.53. The van der Waals surface area contributed by atoms with Crippen LogP contribution >= 0.6 is 0 Å². The van der Waals surface area contributed by atoms with E-state index >= 15 is 0 Å². The Labute approximate surface area is 202 Å². The molecule has 5 heterocycles. The van der Waals surface area contributed by atoms with E-state index in [1.807, 2.05) is 6.92 Å². The molecule has 1 fully saturated rings. The predicted molar refractivity (Wildman–Crippen MR) is 127 cm³/mol. The number of carbonyl (C=O) groups is 1. The highest BCUT2D eigenvalue weighted by molar-refractivity contribution is 5.93. The zero-order chi connectivity index (χ0) is 24.4. The Morgan fingerprint density at radius 1 is 1.17 bits per heavy atom. The number of ether oxygens (including phenoxy) is 3. The molecule has 10 heteroatoms. The molecule has 1 N–H and O–H groups in total. The number of rotatable bonds is 6. The van der Waals surface area contributed by atoms with Crippen molar-refractivity contribution in [2.45, 2.75) is 31.7 Å². The highest BCUT2D eigenvalue weighted by Crippen LogP contribution is 2.30. The lowest BCUT2D eigenvalue weighted by atomic mass is 9.89. The van der Waals surface area contributed by atoms with Gasteiger partial charge >= 0.3 is 0 Å². The molecule has 3 aromatic heterocycles. The minimum Gasteiger partial charge on any atom is -0.486 e. The zero-order valence-electron chi connectivity index (χ0n) is 19.8. The molecular formula is C25H28FN5O4. The summed E-state index contributed by atoms with van der Waals surface area (Å²) in [5, 5.41) is 3.14. The van der Waals surface area contributed by atoms with Gasteiger partial charge in [-0.3, -0.25) is 9.78 Å². The lowest BCUT2D eigenvalue weighted by molar-refractivity contribution is 0.0829. The molecule has 2 aliphatic heterocycles. The molecule has 35 heavy (non-hydrogen) atoms. The van der Waals surface area contributed by atoms with Gasteiger partial charge < -0.3 is 24.4 Å². The summed E-state index contributed by atoms with van der Waals surface area (Å²) in [6.07, 6.45) is 4.83. The first kappa shape index (κ1) is 23.2. The lowest BCUT2D eigenvalue weighted by Crippen LogP contribution is -2.53. The van der Waals surface area contributed by atoms with Crippen LogP contribution in [-0.4, -0.2) is 71.3 Å². The van der Waals surface area contributed by atoms with Crippen molar-refractivity contribution in [2.24, 2.45) is 0 Å². The Kier molecular flexibility index (Phi) is 6.38. The number of pyridine rings is 3. The summed E-state index contributed by atoms with van der Waals surface area (Å²) in [6, 6.07) is 5.13. The summed E-state index contributed by atoms with van der Waals surface area (Å²) in [6.45, 7) is 5.23. The van der Waals surface area contributed by atoms with Gasteiger partial charge in [-0.1, -0.05) is 0 Å². The quantitative estimate of drug-likeness (QED) is 0.574. The van der Waals surface area contributed by atoms with Crippen LogP contribution in [0.1, 0.15) is 35.8 Å². The molecule has 184 valence electrons. The number of piperidine rings is 1. The highest BCUT2D eigenvalue weighted by atomic mass is 19.1. The summed E-state index contributed by atoms with van der Waals surface area (Å²) < 4.78 is 30.8. The molecule has 1 amide bonds. The number of halogens is 1. The fraction of sp³-hybridized carbons (Fsp3) is 0.440. The first-order valence-corrected chi connectivity index (χ1v) is 11.7. The van der Waals surface area contributed by atoms with Crippen LogP contribution < -0.4 is 19.5 Å². The Bertz CT molecular complexity index is 1250. The number of hydrogen-bond acceptors (Lipinski definition) is 8. The molecule has 0 aliphatic carbocycles. The maximum Gasteiger partial charge on any atom is 0.270 e. The van der Waals surface area contributed by atoms with Crippen LogP contribution in [0.25, 0.3) is 11.0 Å². The number of methoxy groups -OCH3 is 1. The average Bonchev–Trinajstić information content (AvgIpc) is 2.88. The van der Waals surface area contributed by atoms with Gasteiger partial charge in [-0.2, -0.15) is 0 Å². The molecule has 9 nitrogen and oxygen atoms in total. The monoisotopic (exact) mass is 481 g/mol. The second-order valence-corrected chi connectivity index (χ2v) is 9.13. The Morgan fingerprint density at radius 2 is 1.94 bits per heavy atom. The molecule has 0 atom stereocenters. The maximum absolute atomic E-state index is 14.6. The molecule has 1 saturated heterocycles. The van der Waals surface area contributed by atoms with Crippen molar-refractivity contribution in [1.29, 1.82) is 0 Å². The van der Waals surface area contributed by atoms with Gasteiger partial charge in [0.25, 0.3) is 5.91 Å². The van der Waals surface area contributed by atoms with Crippen LogP contribution in [0.3, 0.4) is 0 Å². The number of hydrogen-bond donors (Lipinski definition) is 1. The molecule has 2 aliphatic rings. The lowest BCUT2D eigenvalue weighted by Gasteiger charge is -2.40. The Morgan fingerprint density at radius 3 is 2.71 bits per heavy atom. The zero-order valence-corrected chi connectivity index (χ0v) is 19.8. The van der Waals surface area contributed by atoms with Crippen LogP contribution in [0, 0.1) is 5.82 Å². The van der Waals surface area contributed by atoms with Gasteiger partial charge in [-0.15, -0.1) is 0 Å². The fourth-order valence-corrected chi connectivity index (χ4v) is 4.51. The van der Waals surface area contributed by atoms with Crippen molar-refractivity contribution in [1.82, 2.24) is 25.2 Å². The number of aromatic nitrogens is 3. The summed E-state index contributed by atoms with van der Waals surface area (Å²) in [5.41, 5.74) is 1.67. The Balaban J connectivity index is 1.19. The van der Waals surface area contributed by atoms with E-state index in [4.69, 9.17) is 14.2 Å². The number of nitrogens with zero attached hydrogens (tertiary/aromatic N) is 4. The summed E-state index contributed by atoms with van der Waals surface area (Å²) in [7, 11) is 1.54. The van der Waals surface area contributed by atoms with Gasteiger partial charge in [0.2, 0.25) is 5.88 Å². The van der Waals surface area contributed by atoms with Gasteiger partial charge in [0.05, 0.1) is 30.5 Å². The van der Waals surface area contributed by atoms with E-state index in [9.17, 15) is 9.18 Å². The molecule has 0 radical (unpaired) electrons. The second kappa shape index (κ2) is 9.61. The molecule has 5 rings (SSSR count). The van der Waals surface area contributed by atoms with Crippen molar-refractivity contribution in [3.8, 4) is 17.4 Å². The van der Waals surface area contributed by atoms with Crippen LogP contribution in [-0.2, 0) is 6.42 Å². The van der Waals surface area contributed by atoms with Crippen LogP contribution in [0.2, 0.25) is 0 Å². The predicted octanol–water partition coefficient (Wildman–Crippen LogP) is 2.77. The topological polar surface area (TPSA) is 98.7 Å². The molecular weight excluding hydrogens is 453 g/mol. The van der Waals surface area contributed by atoms with Crippen molar-refractivity contribution >= 4 is 16.9 Å². The maximum atomic E-state index is 14.6. The van der Waals surface area contributed by atoms with Crippen molar-refractivity contribution in [2.75, 3.05) is 40.0 Å². The van der Waals surface area contributed by atoms with E-state index in [1.165, 1.54) is 19.5 Å². The van der Waals surface area contributed by atoms with Gasteiger partial charge in [0.15, 0.2) is 11.5 Å². The normalized spacial score (nSPS) is 17.2. The summed E-state index contributed by atoms with van der Waals surface area (Å²) >= 11 is 0. The number of nitrogens with one attached hydrogen (secondary N) is 1. The van der Waals surface area contributed by atoms with Crippen molar-refractivity contribution in [3.05, 3.63) is 47.7 Å². The minimum absolute atomic E-state index is 0.233. The van der Waals surface area contributed by atoms with E-state index in [0.29, 0.717) is 65.8 Å². The smallest absolute Gasteiger partial charge is 0.270 e. The van der Waals surface area contributed by atoms with Crippen LogP contribution in [0.5, 0.6) is 17.4 Å². The molecule has 3 aromatic rings. The van der Waals surface area contributed by atoms with E-state index in [1.54, 1.807) is 18.2 Å². The van der Waals surface area contributed by atoms with E-state index in [2.05, 4.69) is 25.2 Å². The molecule has 0 aromatic carbocycles. The number of amides is 1. The highest BCUT2D eigenvalue weighted by Gasteiger charge is 2.32. The average molecular weight is 482 g/mol. The number of likely N-dealkylation sites (tertiary alicyclic amines) is 1. The van der Waals surface area contributed by atoms with Crippen LogP contribution in [0.15, 0.2) is 30.6 Å². The van der Waals surface area contributed by atoms with Gasteiger partial charge in [0.1, 0.15) is 24.7 Å². The molecule has 0 spiro atoms. The third-order valence-corrected chi connectivity index (χ3v) is 6.66. The van der Waals surface area contributed by atoms with Crippen LogP contribution in [0.4, 0.5) is 4.39 Å².